The third kappa shape index (κ3) is 3.76. The van der Waals surface area contributed by atoms with E-state index in [4.69, 9.17) is 0 Å². The Kier molecular flexibility index (Phi) is 5.06. The van der Waals surface area contributed by atoms with Crippen molar-refractivity contribution in [3.05, 3.63) is 29.8 Å². The molecule has 2 rings (SSSR count). The molecule has 0 spiro atoms. The standard InChI is InChI=1S/C15H20F2N2O/c1-10(11-5-2-3-6-11)18-9-14(20)19-15-12(16)7-4-8-13(15)17/h4,7-8,10-11,18H,2-3,5-6,9H2,1H3,(H,19,20)/t10-/m0/s1. The smallest absolute Gasteiger partial charge is 0.238 e. The average molecular weight is 282 g/mol. The van der Waals surface area contributed by atoms with Crippen LogP contribution in [0.3, 0.4) is 0 Å². The Morgan fingerprint density at radius 2 is 1.90 bits per heavy atom. The fourth-order valence-electron chi connectivity index (χ4n) is 2.68. The SMILES string of the molecule is C[C@H](NCC(=O)Nc1c(F)cccc1F)C1CCCC1. The van der Waals surface area contributed by atoms with Crippen molar-refractivity contribution >= 4 is 11.6 Å². The molecule has 20 heavy (non-hydrogen) atoms. The summed E-state index contributed by atoms with van der Waals surface area (Å²) in [6, 6.07) is 3.75. The predicted octanol–water partition coefficient (Wildman–Crippen LogP) is 3.07. The van der Waals surface area contributed by atoms with Crippen LogP contribution in [0.2, 0.25) is 0 Å². The third-order valence-electron chi connectivity index (χ3n) is 3.92. The molecule has 1 aromatic carbocycles. The molecule has 1 amide bonds. The molecule has 0 radical (unpaired) electrons. The summed E-state index contributed by atoms with van der Waals surface area (Å²) < 4.78 is 26.8. The fraction of sp³-hybridized carbons (Fsp3) is 0.533. The molecule has 0 aromatic heterocycles. The van der Waals surface area contributed by atoms with Gasteiger partial charge >= 0.3 is 0 Å². The minimum Gasteiger partial charge on any atom is -0.320 e. The largest absolute Gasteiger partial charge is 0.320 e. The number of benzene rings is 1. The van der Waals surface area contributed by atoms with Gasteiger partial charge < -0.3 is 10.6 Å². The van der Waals surface area contributed by atoms with E-state index in [0.717, 1.165) is 12.1 Å². The van der Waals surface area contributed by atoms with Crippen molar-refractivity contribution in [2.75, 3.05) is 11.9 Å². The van der Waals surface area contributed by atoms with Crippen molar-refractivity contribution in [2.45, 2.75) is 38.6 Å². The Morgan fingerprint density at radius 3 is 2.50 bits per heavy atom. The van der Waals surface area contributed by atoms with Crippen LogP contribution in [0.1, 0.15) is 32.6 Å². The van der Waals surface area contributed by atoms with Gasteiger partial charge in [-0.15, -0.1) is 0 Å². The van der Waals surface area contributed by atoms with Gasteiger partial charge in [-0.25, -0.2) is 8.78 Å². The number of hydrogen-bond donors (Lipinski definition) is 2. The van der Waals surface area contributed by atoms with Gasteiger partial charge in [0, 0.05) is 6.04 Å². The highest BCUT2D eigenvalue weighted by Gasteiger charge is 2.21. The number of halogens is 2. The van der Waals surface area contributed by atoms with Crippen molar-refractivity contribution in [1.82, 2.24) is 5.32 Å². The monoisotopic (exact) mass is 282 g/mol. The third-order valence-corrected chi connectivity index (χ3v) is 3.92. The van der Waals surface area contributed by atoms with E-state index in [0.29, 0.717) is 5.92 Å². The number of carbonyl (C=O) groups is 1. The van der Waals surface area contributed by atoms with Gasteiger partial charge in [-0.3, -0.25) is 4.79 Å². The van der Waals surface area contributed by atoms with Crippen molar-refractivity contribution in [3.63, 3.8) is 0 Å². The van der Waals surface area contributed by atoms with E-state index in [-0.39, 0.29) is 18.3 Å². The van der Waals surface area contributed by atoms with Crippen LogP contribution in [-0.4, -0.2) is 18.5 Å². The summed E-state index contributed by atoms with van der Waals surface area (Å²) in [5.41, 5.74) is -0.382. The molecule has 110 valence electrons. The topological polar surface area (TPSA) is 41.1 Å². The first-order chi connectivity index (χ1) is 9.58. The van der Waals surface area contributed by atoms with Crippen molar-refractivity contribution in [1.29, 1.82) is 0 Å². The van der Waals surface area contributed by atoms with E-state index in [1.807, 2.05) is 6.92 Å². The van der Waals surface area contributed by atoms with Crippen molar-refractivity contribution in [3.8, 4) is 0 Å². The second kappa shape index (κ2) is 6.79. The zero-order valence-electron chi connectivity index (χ0n) is 11.6. The zero-order valence-corrected chi connectivity index (χ0v) is 11.6. The summed E-state index contributed by atoms with van der Waals surface area (Å²) in [7, 11) is 0. The Labute approximate surface area is 117 Å². The molecule has 1 aliphatic rings. The molecule has 3 nitrogen and oxygen atoms in total. The minimum absolute atomic E-state index is 0.0610. The van der Waals surface area contributed by atoms with Gasteiger partial charge in [-0.2, -0.15) is 0 Å². The van der Waals surface area contributed by atoms with Crippen LogP contribution in [-0.2, 0) is 4.79 Å². The number of carbonyl (C=O) groups excluding carboxylic acids is 1. The van der Waals surface area contributed by atoms with E-state index in [1.165, 1.54) is 31.7 Å². The molecule has 1 fully saturated rings. The van der Waals surface area contributed by atoms with Crippen LogP contribution < -0.4 is 10.6 Å². The Morgan fingerprint density at radius 1 is 1.30 bits per heavy atom. The Bertz CT molecular complexity index is 453. The van der Waals surface area contributed by atoms with Gasteiger partial charge in [0.2, 0.25) is 5.91 Å². The molecule has 0 bridgehead atoms. The number of rotatable bonds is 5. The van der Waals surface area contributed by atoms with E-state index < -0.39 is 17.5 Å². The molecular formula is C15H20F2N2O. The molecule has 1 aliphatic carbocycles. The number of nitrogens with one attached hydrogen (secondary N) is 2. The Hall–Kier alpha value is -1.49. The van der Waals surface area contributed by atoms with Gasteiger partial charge in [0.1, 0.15) is 17.3 Å². The molecule has 1 aromatic rings. The minimum atomic E-state index is -0.762. The zero-order chi connectivity index (χ0) is 14.5. The molecule has 0 aliphatic heterocycles. The van der Waals surface area contributed by atoms with E-state index in [9.17, 15) is 13.6 Å². The molecule has 0 saturated heterocycles. The summed E-state index contributed by atoms with van der Waals surface area (Å²) in [5.74, 6) is -1.36. The van der Waals surface area contributed by atoms with Crippen LogP contribution in [0.15, 0.2) is 18.2 Å². The highest BCUT2D eigenvalue weighted by atomic mass is 19.1. The normalized spacial score (nSPS) is 17.1. The lowest BCUT2D eigenvalue weighted by Gasteiger charge is -2.20. The van der Waals surface area contributed by atoms with Crippen LogP contribution in [0.5, 0.6) is 0 Å². The summed E-state index contributed by atoms with van der Waals surface area (Å²) >= 11 is 0. The highest BCUT2D eigenvalue weighted by molar-refractivity contribution is 5.92. The van der Waals surface area contributed by atoms with Gasteiger partial charge in [0.05, 0.1) is 6.54 Å². The summed E-state index contributed by atoms with van der Waals surface area (Å²) in [4.78, 5) is 11.7. The van der Waals surface area contributed by atoms with E-state index in [1.54, 1.807) is 0 Å². The number of amides is 1. The second-order valence-electron chi connectivity index (χ2n) is 5.36. The van der Waals surface area contributed by atoms with Crippen molar-refractivity contribution in [2.24, 2.45) is 5.92 Å². The maximum atomic E-state index is 13.4. The number of anilines is 1. The van der Waals surface area contributed by atoms with Gasteiger partial charge in [-0.05, 0) is 37.8 Å². The first-order valence-corrected chi connectivity index (χ1v) is 7.05. The van der Waals surface area contributed by atoms with E-state index in [2.05, 4.69) is 10.6 Å². The maximum Gasteiger partial charge on any atom is 0.238 e. The number of para-hydroxylation sites is 1. The van der Waals surface area contributed by atoms with Crippen LogP contribution in [0.4, 0.5) is 14.5 Å². The second-order valence-corrected chi connectivity index (χ2v) is 5.36. The molecule has 1 saturated carbocycles. The maximum absolute atomic E-state index is 13.4. The van der Waals surface area contributed by atoms with Gasteiger partial charge in [0.15, 0.2) is 0 Å². The first kappa shape index (κ1) is 14.9. The summed E-state index contributed by atoms with van der Waals surface area (Å²) in [5, 5.41) is 5.40. The molecule has 0 heterocycles. The quantitative estimate of drug-likeness (QED) is 0.871. The molecule has 5 heteroatoms. The lowest BCUT2D eigenvalue weighted by atomic mass is 10.00. The summed E-state index contributed by atoms with van der Waals surface area (Å²) in [6.07, 6.45) is 4.84. The lowest BCUT2D eigenvalue weighted by Crippen LogP contribution is -2.38. The fourth-order valence-corrected chi connectivity index (χ4v) is 2.68. The molecule has 2 N–H and O–H groups in total. The predicted molar refractivity (Wildman–Crippen MR) is 74.4 cm³/mol. The first-order valence-electron chi connectivity index (χ1n) is 7.05. The Balaban J connectivity index is 1.83. The van der Waals surface area contributed by atoms with Crippen LogP contribution in [0.25, 0.3) is 0 Å². The van der Waals surface area contributed by atoms with E-state index >= 15 is 0 Å². The molecular weight excluding hydrogens is 262 g/mol. The van der Waals surface area contributed by atoms with Crippen molar-refractivity contribution < 1.29 is 13.6 Å². The highest BCUT2D eigenvalue weighted by Crippen LogP contribution is 2.27. The lowest BCUT2D eigenvalue weighted by molar-refractivity contribution is -0.115. The summed E-state index contributed by atoms with van der Waals surface area (Å²) in [6.45, 7) is 2.11. The average Bonchev–Trinajstić information content (AvgIpc) is 2.94. The van der Waals surface area contributed by atoms with Gasteiger partial charge in [-0.1, -0.05) is 18.9 Å². The molecule has 0 unspecified atom stereocenters. The molecule has 1 atom stereocenters. The van der Waals surface area contributed by atoms with Crippen LogP contribution >= 0.6 is 0 Å². The van der Waals surface area contributed by atoms with Gasteiger partial charge in [0.25, 0.3) is 0 Å². The number of hydrogen-bond acceptors (Lipinski definition) is 2. The van der Waals surface area contributed by atoms with Crippen LogP contribution in [0, 0.1) is 17.6 Å².